The lowest BCUT2D eigenvalue weighted by Gasteiger charge is -2.38. The summed E-state index contributed by atoms with van der Waals surface area (Å²) in [7, 11) is 1.91. The Balaban J connectivity index is 1.87. The summed E-state index contributed by atoms with van der Waals surface area (Å²) in [6.07, 6.45) is 0. The van der Waals surface area contributed by atoms with Crippen LogP contribution in [0.1, 0.15) is 13.8 Å². The van der Waals surface area contributed by atoms with Gasteiger partial charge >= 0.3 is 0 Å². The predicted molar refractivity (Wildman–Crippen MR) is 92.1 cm³/mol. The fourth-order valence-corrected chi connectivity index (χ4v) is 2.91. The number of hydrogen-bond acceptors (Lipinski definition) is 4. The molecule has 0 radical (unpaired) electrons. The molecule has 0 unspecified atom stereocenters. The molecule has 1 aliphatic rings. The number of para-hydroxylation sites is 1. The van der Waals surface area contributed by atoms with Gasteiger partial charge in [0.05, 0.1) is 18.0 Å². The first-order chi connectivity index (χ1) is 11.0. The molecule has 23 heavy (non-hydrogen) atoms. The summed E-state index contributed by atoms with van der Waals surface area (Å²) in [4.78, 5) is 18.9. The molecule has 2 atom stereocenters. The number of nitrogens with zero attached hydrogens (tertiary/aromatic N) is 4. The molecule has 0 aromatic heterocycles. The van der Waals surface area contributed by atoms with Gasteiger partial charge in [0.25, 0.3) is 0 Å². The standard InChI is InChI=1S/C18H26N4O/c1-15(13-19)14-20(3)16(2)18(23)22-11-9-21(10-12-22)17-7-5-4-6-8-17/h4-8,15-16H,9-12,14H2,1-3H3/t15-,16+/m0/s1. The lowest BCUT2D eigenvalue weighted by Crippen LogP contribution is -2.54. The molecule has 1 heterocycles. The molecule has 1 fully saturated rings. The van der Waals surface area contributed by atoms with E-state index in [9.17, 15) is 4.79 Å². The predicted octanol–water partition coefficient (Wildman–Crippen LogP) is 1.82. The van der Waals surface area contributed by atoms with E-state index < -0.39 is 0 Å². The number of benzene rings is 1. The zero-order valence-electron chi connectivity index (χ0n) is 14.3. The van der Waals surface area contributed by atoms with E-state index in [1.54, 1.807) is 0 Å². The third-order valence-electron chi connectivity index (χ3n) is 4.51. The van der Waals surface area contributed by atoms with Crippen LogP contribution in [0.2, 0.25) is 0 Å². The molecule has 0 aliphatic carbocycles. The van der Waals surface area contributed by atoms with Crippen LogP contribution in [-0.4, -0.2) is 61.5 Å². The van der Waals surface area contributed by atoms with Gasteiger partial charge in [0.15, 0.2) is 0 Å². The van der Waals surface area contributed by atoms with Crippen molar-refractivity contribution in [1.82, 2.24) is 9.80 Å². The summed E-state index contributed by atoms with van der Waals surface area (Å²) < 4.78 is 0. The quantitative estimate of drug-likeness (QED) is 0.832. The Morgan fingerprint density at radius 2 is 1.83 bits per heavy atom. The summed E-state index contributed by atoms with van der Waals surface area (Å²) in [5.74, 6) is 0.0931. The van der Waals surface area contributed by atoms with Crippen LogP contribution < -0.4 is 4.90 Å². The Kier molecular flexibility index (Phi) is 6.00. The van der Waals surface area contributed by atoms with Crippen LogP contribution >= 0.6 is 0 Å². The molecule has 0 spiro atoms. The minimum absolute atomic E-state index is 0.0647. The van der Waals surface area contributed by atoms with E-state index >= 15 is 0 Å². The Hall–Kier alpha value is -2.06. The van der Waals surface area contributed by atoms with Crippen LogP contribution in [0, 0.1) is 17.2 Å². The van der Waals surface area contributed by atoms with Gasteiger partial charge in [0, 0.05) is 38.4 Å². The number of nitriles is 1. The zero-order valence-corrected chi connectivity index (χ0v) is 14.3. The Labute approximate surface area is 139 Å². The third-order valence-corrected chi connectivity index (χ3v) is 4.51. The Morgan fingerprint density at radius 1 is 1.22 bits per heavy atom. The summed E-state index contributed by atoms with van der Waals surface area (Å²) >= 11 is 0. The molecule has 2 rings (SSSR count). The average Bonchev–Trinajstić information content (AvgIpc) is 2.61. The van der Waals surface area contributed by atoms with E-state index in [1.165, 1.54) is 5.69 Å². The molecular weight excluding hydrogens is 288 g/mol. The maximum absolute atomic E-state index is 12.6. The molecular formula is C18H26N4O. The highest BCUT2D eigenvalue weighted by atomic mass is 16.2. The first kappa shape index (κ1) is 17.3. The SMILES string of the molecule is C[C@H](C(=O)N1CCN(c2ccccc2)CC1)N(C)C[C@@H](C)C#N. The van der Waals surface area contributed by atoms with Crippen molar-refractivity contribution in [1.29, 1.82) is 5.26 Å². The fraction of sp³-hybridized carbons (Fsp3) is 0.556. The van der Waals surface area contributed by atoms with Crippen LogP contribution in [-0.2, 0) is 4.79 Å². The van der Waals surface area contributed by atoms with E-state index in [4.69, 9.17) is 5.26 Å². The minimum Gasteiger partial charge on any atom is -0.368 e. The first-order valence-electron chi connectivity index (χ1n) is 8.21. The number of likely N-dealkylation sites (N-methyl/N-ethyl adjacent to an activating group) is 1. The van der Waals surface area contributed by atoms with Crippen molar-refractivity contribution in [2.45, 2.75) is 19.9 Å². The topological polar surface area (TPSA) is 50.6 Å². The summed E-state index contributed by atoms with van der Waals surface area (Å²) in [5.41, 5.74) is 1.22. The normalized spacial score (nSPS) is 17.7. The molecule has 124 valence electrons. The largest absolute Gasteiger partial charge is 0.368 e. The zero-order chi connectivity index (χ0) is 16.8. The summed E-state index contributed by atoms with van der Waals surface area (Å²) in [6.45, 7) is 7.65. The van der Waals surface area contributed by atoms with Crippen LogP contribution in [0.15, 0.2) is 30.3 Å². The van der Waals surface area contributed by atoms with Gasteiger partial charge in [0.1, 0.15) is 0 Å². The Bertz CT molecular complexity index is 546. The second kappa shape index (κ2) is 7.98. The van der Waals surface area contributed by atoms with Crippen molar-refractivity contribution in [3.8, 4) is 6.07 Å². The number of anilines is 1. The smallest absolute Gasteiger partial charge is 0.239 e. The highest BCUT2D eigenvalue weighted by Gasteiger charge is 2.27. The third kappa shape index (κ3) is 4.46. The molecule has 0 N–H and O–H groups in total. The molecule has 5 heteroatoms. The van der Waals surface area contributed by atoms with Gasteiger partial charge in [-0.1, -0.05) is 18.2 Å². The molecule has 1 amide bonds. The van der Waals surface area contributed by atoms with Gasteiger partial charge in [-0.25, -0.2) is 0 Å². The van der Waals surface area contributed by atoms with Crippen LogP contribution in [0.25, 0.3) is 0 Å². The molecule has 5 nitrogen and oxygen atoms in total. The highest BCUT2D eigenvalue weighted by molar-refractivity contribution is 5.81. The van der Waals surface area contributed by atoms with Crippen molar-refractivity contribution in [3.05, 3.63) is 30.3 Å². The molecule has 0 saturated carbocycles. The van der Waals surface area contributed by atoms with Crippen molar-refractivity contribution in [3.63, 3.8) is 0 Å². The number of piperazine rings is 1. The number of amides is 1. The van der Waals surface area contributed by atoms with Crippen molar-refractivity contribution < 1.29 is 4.79 Å². The van der Waals surface area contributed by atoms with Gasteiger partial charge in [-0.05, 0) is 33.0 Å². The number of carbonyl (C=O) groups excluding carboxylic acids is 1. The second-order valence-corrected chi connectivity index (χ2v) is 6.29. The maximum atomic E-state index is 12.6. The summed E-state index contributed by atoms with van der Waals surface area (Å²) in [6, 6.07) is 12.4. The van der Waals surface area contributed by atoms with Crippen LogP contribution in [0.3, 0.4) is 0 Å². The lowest BCUT2D eigenvalue weighted by molar-refractivity contribution is -0.136. The van der Waals surface area contributed by atoms with Crippen molar-refractivity contribution in [2.75, 3.05) is 44.7 Å². The van der Waals surface area contributed by atoms with Gasteiger partial charge in [-0.3, -0.25) is 9.69 Å². The molecule has 1 saturated heterocycles. The fourth-order valence-electron chi connectivity index (χ4n) is 2.91. The van der Waals surface area contributed by atoms with E-state index in [0.29, 0.717) is 6.54 Å². The highest BCUT2D eigenvalue weighted by Crippen LogP contribution is 2.16. The first-order valence-corrected chi connectivity index (χ1v) is 8.21. The minimum atomic E-state index is -0.186. The monoisotopic (exact) mass is 314 g/mol. The summed E-state index contributed by atoms with van der Waals surface area (Å²) in [5, 5.41) is 8.91. The van der Waals surface area contributed by atoms with Gasteiger partial charge in [-0.2, -0.15) is 5.26 Å². The van der Waals surface area contributed by atoms with Crippen molar-refractivity contribution >= 4 is 11.6 Å². The van der Waals surface area contributed by atoms with E-state index in [2.05, 4.69) is 23.1 Å². The number of rotatable bonds is 5. The van der Waals surface area contributed by atoms with E-state index in [0.717, 1.165) is 26.2 Å². The van der Waals surface area contributed by atoms with Gasteiger partial charge in [0.2, 0.25) is 5.91 Å². The van der Waals surface area contributed by atoms with Gasteiger partial charge < -0.3 is 9.80 Å². The van der Waals surface area contributed by atoms with E-state index in [-0.39, 0.29) is 17.9 Å². The number of carbonyl (C=O) groups is 1. The molecule has 1 aliphatic heterocycles. The van der Waals surface area contributed by atoms with Gasteiger partial charge in [-0.15, -0.1) is 0 Å². The van der Waals surface area contributed by atoms with E-state index in [1.807, 2.05) is 48.9 Å². The second-order valence-electron chi connectivity index (χ2n) is 6.29. The number of hydrogen-bond donors (Lipinski definition) is 0. The molecule has 1 aromatic rings. The average molecular weight is 314 g/mol. The molecule has 0 bridgehead atoms. The van der Waals surface area contributed by atoms with Crippen LogP contribution in [0.5, 0.6) is 0 Å². The maximum Gasteiger partial charge on any atom is 0.239 e. The lowest BCUT2D eigenvalue weighted by atomic mass is 10.1. The Morgan fingerprint density at radius 3 is 2.39 bits per heavy atom. The molecule has 1 aromatic carbocycles. The van der Waals surface area contributed by atoms with Crippen molar-refractivity contribution in [2.24, 2.45) is 5.92 Å². The van der Waals surface area contributed by atoms with Crippen LogP contribution in [0.4, 0.5) is 5.69 Å².